The quantitative estimate of drug-likeness (QED) is 0.728. The number of rotatable bonds is 5. The zero-order valence-corrected chi connectivity index (χ0v) is 15.5. The van der Waals surface area contributed by atoms with Gasteiger partial charge >= 0.3 is 0 Å². The molecule has 0 aliphatic heterocycles. The third-order valence-corrected chi connectivity index (χ3v) is 3.83. The van der Waals surface area contributed by atoms with E-state index in [9.17, 15) is 4.79 Å². The molecule has 134 valence electrons. The van der Waals surface area contributed by atoms with Gasteiger partial charge in [0.05, 0.1) is 22.5 Å². The van der Waals surface area contributed by atoms with Crippen LogP contribution in [0.5, 0.6) is 5.75 Å². The fourth-order valence-electron chi connectivity index (χ4n) is 2.38. The normalized spacial score (nSPS) is 10.8. The molecule has 26 heavy (non-hydrogen) atoms. The molecule has 7 heteroatoms. The van der Waals surface area contributed by atoms with Crippen LogP contribution >= 0.6 is 11.6 Å². The van der Waals surface area contributed by atoms with Gasteiger partial charge in [0.1, 0.15) is 5.75 Å². The lowest BCUT2D eigenvalue weighted by atomic mass is 10.2. The van der Waals surface area contributed by atoms with Crippen molar-refractivity contribution >= 4 is 23.2 Å². The summed E-state index contributed by atoms with van der Waals surface area (Å²) in [4.78, 5) is 14.0. The highest BCUT2D eigenvalue weighted by atomic mass is 35.5. The summed E-state index contributed by atoms with van der Waals surface area (Å²) in [6, 6.07) is 14.5. The predicted molar refractivity (Wildman–Crippen MR) is 101 cm³/mol. The second kappa shape index (κ2) is 7.58. The van der Waals surface area contributed by atoms with E-state index in [0.717, 1.165) is 5.69 Å². The van der Waals surface area contributed by atoms with Gasteiger partial charge in [0, 0.05) is 5.69 Å². The second-order valence-electron chi connectivity index (χ2n) is 6.02. The van der Waals surface area contributed by atoms with Crippen LogP contribution < -0.4 is 10.1 Å². The first-order chi connectivity index (χ1) is 12.4. The molecular weight excluding hydrogens is 352 g/mol. The molecule has 1 aromatic heterocycles. The van der Waals surface area contributed by atoms with Gasteiger partial charge < -0.3 is 10.1 Å². The van der Waals surface area contributed by atoms with Crippen LogP contribution in [-0.4, -0.2) is 27.0 Å². The molecule has 0 spiro atoms. The number of para-hydroxylation sites is 1. The van der Waals surface area contributed by atoms with Gasteiger partial charge in [-0.3, -0.25) is 4.79 Å². The van der Waals surface area contributed by atoms with Gasteiger partial charge in [-0.2, -0.15) is 9.90 Å². The van der Waals surface area contributed by atoms with Gasteiger partial charge in [0.15, 0.2) is 5.69 Å². The maximum Gasteiger partial charge on any atom is 0.278 e. The molecule has 0 saturated heterocycles. The fraction of sp³-hybridized carbons (Fsp3) is 0.211. The lowest BCUT2D eigenvalue weighted by Gasteiger charge is -2.12. The van der Waals surface area contributed by atoms with Crippen LogP contribution in [0.15, 0.2) is 48.5 Å². The van der Waals surface area contributed by atoms with E-state index >= 15 is 0 Å². The van der Waals surface area contributed by atoms with E-state index in [2.05, 4.69) is 15.5 Å². The number of nitrogens with one attached hydrogen (secondary N) is 1. The number of aromatic nitrogens is 3. The highest BCUT2D eigenvalue weighted by Crippen LogP contribution is 2.28. The maximum atomic E-state index is 12.6. The van der Waals surface area contributed by atoms with Crippen LogP contribution in [0, 0.1) is 6.92 Å². The number of nitrogens with zero attached hydrogens (tertiary/aromatic N) is 3. The number of ether oxygens (including phenoxy) is 1. The summed E-state index contributed by atoms with van der Waals surface area (Å²) >= 11 is 6.21. The third kappa shape index (κ3) is 4.03. The Hall–Kier alpha value is -2.86. The molecule has 1 heterocycles. The Kier molecular flexibility index (Phi) is 5.23. The number of benzene rings is 2. The molecule has 0 aliphatic carbocycles. The molecule has 0 radical (unpaired) electrons. The van der Waals surface area contributed by atoms with E-state index in [1.54, 1.807) is 25.1 Å². The minimum Gasteiger partial charge on any atom is -0.489 e. The van der Waals surface area contributed by atoms with Crippen LogP contribution in [-0.2, 0) is 0 Å². The van der Waals surface area contributed by atoms with Crippen molar-refractivity contribution in [2.45, 2.75) is 26.9 Å². The lowest BCUT2D eigenvalue weighted by Crippen LogP contribution is -2.14. The third-order valence-electron chi connectivity index (χ3n) is 3.54. The van der Waals surface area contributed by atoms with E-state index in [-0.39, 0.29) is 17.7 Å². The summed E-state index contributed by atoms with van der Waals surface area (Å²) in [6.07, 6.45) is 0.0172. The highest BCUT2D eigenvalue weighted by Gasteiger charge is 2.17. The summed E-state index contributed by atoms with van der Waals surface area (Å²) in [6.45, 7) is 5.59. The average molecular weight is 371 g/mol. The van der Waals surface area contributed by atoms with Crippen LogP contribution in [0.2, 0.25) is 5.02 Å². The van der Waals surface area contributed by atoms with Crippen LogP contribution in [0.25, 0.3) is 5.69 Å². The van der Waals surface area contributed by atoms with Crippen molar-refractivity contribution in [1.82, 2.24) is 15.0 Å². The molecule has 3 rings (SSSR count). The van der Waals surface area contributed by atoms with Crippen molar-refractivity contribution in [1.29, 1.82) is 0 Å². The Morgan fingerprint density at radius 1 is 1.15 bits per heavy atom. The molecule has 1 amide bonds. The maximum absolute atomic E-state index is 12.6. The van der Waals surface area contributed by atoms with E-state index in [1.165, 1.54) is 4.80 Å². The Balaban J connectivity index is 1.78. The first kappa shape index (κ1) is 17.9. The van der Waals surface area contributed by atoms with Crippen LogP contribution in [0.1, 0.15) is 30.0 Å². The van der Waals surface area contributed by atoms with E-state index in [4.69, 9.17) is 16.3 Å². The van der Waals surface area contributed by atoms with E-state index < -0.39 is 0 Å². The zero-order valence-electron chi connectivity index (χ0n) is 14.7. The number of halogens is 1. The molecule has 3 aromatic rings. The highest BCUT2D eigenvalue weighted by molar-refractivity contribution is 6.32. The summed E-state index contributed by atoms with van der Waals surface area (Å²) < 4.78 is 5.59. The smallest absolute Gasteiger partial charge is 0.278 e. The summed E-state index contributed by atoms with van der Waals surface area (Å²) in [5.74, 6) is 0.226. The molecule has 0 aliphatic rings. The number of amides is 1. The SMILES string of the molecule is Cc1nn(-c2ccccc2)nc1C(=O)Nc1ccc(OC(C)C)c(Cl)c1. The van der Waals surface area contributed by atoms with Crippen LogP contribution in [0.3, 0.4) is 0 Å². The molecular formula is C19H19ClN4O2. The Bertz CT molecular complexity index is 923. The van der Waals surface area contributed by atoms with Gasteiger partial charge in [-0.25, -0.2) is 0 Å². The van der Waals surface area contributed by atoms with Gasteiger partial charge in [-0.1, -0.05) is 29.8 Å². The van der Waals surface area contributed by atoms with Crippen molar-refractivity contribution in [3.63, 3.8) is 0 Å². The lowest BCUT2D eigenvalue weighted by molar-refractivity contribution is 0.102. The number of hydrogen-bond acceptors (Lipinski definition) is 4. The van der Waals surface area contributed by atoms with Gasteiger partial charge in [-0.05, 0) is 51.1 Å². The molecule has 2 aromatic carbocycles. The van der Waals surface area contributed by atoms with Gasteiger partial charge in [0.2, 0.25) is 0 Å². The zero-order chi connectivity index (χ0) is 18.7. The molecule has 0 saturated carbocycles. The second-order valence-corrected chi connectivity index (χ2v) is 6.43. The van der Waals surface area contributed by atoms with Crippen molar-refractivity contribution in [3.8, 4) is 11.4 Å². The number of anilines is 1. The average Bonchev–Trinajstić information content (AvgIpc) is 3.00. The number of aryl methyl sites for hydroxylation is 1. The Morgan fingerprint density at radius 2 is 1.88 bits per heavy atom. The minimum atomic E-state index is -0.349. The number of carbonyl (C=O) groups excluding carboxylic acids is 1. The minimum absolute atomic E-state index is 0.0172. The molecule has 0 unspecified atom stereocenters. The summed E-state index contributed by atoms with van der Waals surface area (Å²) in [5.41, 5.74) is 2.14. The van der Waals surface area contributed by atoms with Gasteiger partial charge in [0.25, 0.3) is 5.91 Å². The monoisotopic (exact) mass is 370 g/mol. The molecule has 0 fully saturated rings. The Morgan fingerprint density at radius 3 is 2.54 bits per heavy atom. The predicted octanol–water partition coefficient (Wildman–Crippen LogP) is 4.27. The van der Waals surface area contributed by atoms with Crippen LogP contribution in [0.4, 0.5) is 5.69 Å². The molecule has 0 bridgehead atoms. The van der Waals surface area contributed by atoms with Crippen molar-refractivity contribution in [2.75, 3.05) is 5.32 Å². The Labute approximate surface area is 156 Å². The van der Waals surface area contributed by atoms with Crippen molar-refractivity contribution in [3.05, 3.63) is 64.9 Å². The first-order valence-corrected chi connectivity index (χ1v) is 8.59. The van der Waals surface area contributed by atoms with Crippen molar-refractivity contribution in [2.24, 2.45) is 0 Å². The molecule has 0 atom stereocenters. The fourth-order valence-corrected chi connectivity index (χ4v) is 2.61. The first-order valence-electron chi connectivity index (χ1n) is 8.21. The number of hydrogen-bond donors (Lipinski definition) is 1. The summed E-state index contributed by atoms with van der Waals surface area (Å²) in [7, 11) is 0. The summed E-state index contributed by atoms with van der Waals surface area (Å²) in [5, 5.41) is 11.8. The van der Waals surface area contributed by atoms with Crippen molar-refractivity contribution < 1.29 is 9.53 Å². The van der Waals surface area contributed by atoms with E-state index in [0.29, 0.717) is 22.2 Å². The molecule has 6 nitrogen and oxygen atoms in total. The van der Waals surface area contributed by atoms with Gasteiger partial charge in [-0.15, -0.1) is 5.10 Å². The number of carbonyl (C=O) groups is 1. The largest absolute Gasteiger partial charge is 0.489 e. The van der Waals surface area contributed by atoms with E-state index in [1.807, 2.05) is 44.2 Å². The standard InChI is InChI=1S/C19H19ClN4O2/c1-12(2)26-17-10-9-14(11-16(17)20)21-19(25)18-13(3)22-24(23-18)15-7-5-4-6-8-15/h4-12H,1-3H3,(H,21,25). The molecule has 1 N–H and O–H groups in total. The topological polar surface area (TPSA) is 69.0 Å².